The summed E-state index contributed by atoms with van der Waals surface area (Å²) in [6.45, 7) is 2.08. The van der Waals surface area contributed by atoms with Crippen molar-refractivity contribution < 1.29 is 26.7 Å². The Kier molecular flexibility index (Phi) is 5.66. The van der Waals surface area contributed by atoms with E-state index in [1.165, 1.54) is 35.3 Å². The average Bonchev–Trinajstić information content (AvgIpc) is 2.94. The van der Waals surface area contributed by atoms with E-state index in [4.69, 9.17) is 10.5 Å². The Balaban J connectivity index is 1.93. The molecule has 9 heteroatoms. The maximum atomic E-state index is 14.3. The number of alkyl halides is 3. The van der Waals surface area contributed by atoms with Crippen molar-refractivity contribution in [3.63, 3.8) is 0 Å². The first-order valence-electron chi connectivity index (χ1n) is 8.79. The molecule has 0 saturated carbocycles. The lowest BCUT2D eigenvalue weighted by atomic mass is 10.1. The van der Waals surface area contributed by atoms with Crippen LogP contribution in [0.25, 0.3) is 5.70 Å². The van der Waals surface area contributed by atoms with Gasteiger partial charge in [0.25, 0.3) is 0 Å². The number of anilines is 1. The highest BCUT2D eigenvalue weighted by Gasteiger charge is 2.37. The molecule has 0 aromatic heterocycles. The van der Waals surface area contributed by atoms with Gasteiger partial charge in [0.05, 0.1) is 18.0 Å². The highest BCUT2D eigenvalue weighted by atomic mass is 19.4. The molecule has 0 radical (unpaired) electrons. The largest absolute Gasteiger partial charge is 0.414 e. The summed E-state index contributed by atoms with van der Waals surface area (Å²) in [5, 5.41) is 1.38. The molecule has 3 N–H and O–H groups in total. The van der Waals surface area contributed by atoms with Crippen LogP contribution in [0.1, 0.15) is 25.0 Å². The number of hydrazine groups is 1. The van der Waals surface area contributed by atoms with E-state index in [0.29, 0.717) is 11.3 Å². The zero-order chi connectivity index (χ0) is 21.4. The van der Waals surface area contributed by atoms with Crippen molar-refractivity contribution in [3.8, 4) is 0 Å². The van der Waals surface area contributed by atoms with Crippen molar-refractivity contribution in [2.24, 2.45) is 5.73 Å². The van der Waals surface area contributed by atoms with E-state index in [1.807, 2.05) is 0 Å². The highest BCUT2D eigenvalue weighted by molar-refractivity contribution is 5.82. The van der Waals surface area contributed by atoms with E-state index < -0.39 is 36.2 Å². The first-order valence-corrected chi connectivity index (χ1v) is 8.79. The summed E-state index contributed by atoms with van der Waals surface area (Å²) in [5.41, 5.74) is 9.03. The van der Waals surface area contributed by atoms with Crippen molar-refractivity contribution in [1.82, 2.24) is 5.43 Å². The molecule has 1 heterocycles. The lowest BCUT2D eigenvalue weighted by molar-refractivity contribution is -0.217. The summed E-state index contributed by atoms with van der Waals surface area (Å²) in [7, 11) is 0. The topological polar surface area (TPSA) is 50.5 Å². The summed E-state index contributed by atoms with van der Waals surface area (Å²) < 4.78 is 71.3. The molecule has 2 aromatic rings. The Morgan fingerprint density at radius 3 is 2.52 bits per heavy atom. The second kappa shape index (κ2) is 7.74. The lowest BCUT2D eigenvalue weighted by Gasteiger charge is -2.27. The Morgan fingerprint density at radius 2 is 1.86 bits per heavy atom. The average molecular weight is 413 g/mol. The van der Waals surface area contributed by atoms with Crippen LogP contribution in [0.5, 0.6) is 0 Å². The van der Waals surface area contributed by atoms with Gasteiger partial charge in [-0.1, -0.05) is 12.1 Å². The van der Waals surface area contributed by atoms with Crippen molar-refractivity contribution in [2.75, 3.05) is 5.01 Å². The molecule has 3 rings (SSSR count). The van der Waals surface area contributed by atoms with Crippen LogP contribution < -0.4 is 16.2 Å². The molecule has 4 nitrogen and oxygen atoms in total. The number of hydrogen-bond donors (Lipinski definition) is 2. The van der Waals surface area contributed by atoms with E-state index >= 15 is 0 Å². The van der Waals surface area contributed by atoms with Crippen molar-refractivity contribution in [3.05, 3.63) is 71.3 Å². The minimum atomic E-state index is -4.52. The number of ether oxygens (including phenoxy) is 1. The number of hydrogen-bond acceptors (Lipinski definition) is 4. The molecule has 0 bridgehead atoms. The SMILES string of the molecule is C[C@@H](OCc1cc(F)cc(C2=CC(C)(N)NN2c2ccccc2F)c1)C(F)(F)F. The molecule has 1 aliphatic heterocycles. The molecule has 0 saturated heterocycles. The second-order valence-corrected chi connectivity index (χ2v) is 7.05. The number of rotatable bonds is 5. The first-order chi connectivity index (χ1) is 13.5. The van der Waals surface area contributed by atoms with Crippen LogP contribution >= 0.6 is 0 Å². The molecular weight excluding hydrogens is 393 g/mol. The maximum Gasteiger partial charge on any atom is 0.414 e. The molecular formula is C20H20F5N3O. The summed E-state index contributed by atoms with van der Waals surface area (Å²) in [5.74, 6) is -1.19. The van der Waals surface area contributed by atoms with Gasteiger partial charge in [0.15, 0.2) is 6.10 Å². The lowest BCUT2D eigenvalue weighted by Crippen LogP contribution is -2.51. The number of nitrogens with two attached hydrogens (primary N) is 1. The molecule has 0 spiro atoms. The van der Waals surface area contributed by atoms with E-state index in [2.05, 4.69) is 5.43 Å². The quantitative estimate of drug-likeness (QED) is 0.710. The van der Waals surface area contributed by atoms with Crippen molar-refractivity contribution >= 4 is 11.4 Å². The number of para-hydroxylation sites is 1. The van der Waals surface area contributed by atoms with Crippen LogP contribution in [0.4, 0.5) is 27.6 Å². The summed E-state index contributed by atoms with van der Waals surface area (Å²) >= 11 is 0. The van der Waals surface area contributed by atoms with Crippen molar-refractivity contribution in [1.29, 1.82) is 0 Å². The smallest absolute Gasteiger partial charge is 0.364 e. The molecule has 0 aliphatic carbocycles. The van der Waals surface area contributed by atoms with E-state index in [0.717, 1.165) is 13.0 Å². The Hall–Kier alpha value is -2.49. The van der Waals surface area contributed by atoms with Crippen LogP contribution in [0, 0.1) is 11.6 Å². The predicted octanol–water partition coefficient (Wildman–Crippen LogP) is 4.47. The third-order valence-electron chi connectivity index (χ3n) is 4.34. The number of nitrogens with one attached hydrogen (secondary N) is 1. The van der Waals surface area contributed by atoms with Crippen LogP contribution in [-0.4, -0.2) is 17.9 Å². The first kappa shape index (κ1) is 21.2. The zero-order valence-corrected chi connectivity index (χ0v) is 15.7. The van der Waals surface area contributed by atoms with Crippen LogP contribution in [0.2, 0.25) is 0 Å². The standard InChI is InChI=1S/C20H20F5N3O/c1-12(20(23,24)25)29-11-13-7-14(9-15(21)8-13)18-10-19(2,26)27-28(18)17-6-4-3-5-16(17)22/h3-10,12,27H,11,26H2,1-2H3/t12-,19?/m1/s1. The zero-order valence-electron chi connectivity index (χ0n) is 15.7. The fourth-order valence-electron chi connectivity index (χ4n) is 2.91. The van der Waals surface area contributed by atoms with Gasteiger partial charge in [-0.3, -0.25) is 5.01 Å². The normalized spacial score (nSPS) is 20.7. The summed E-state index contributed by atoms with van der Waals surface area (Å²) in [6, 6.07) is 9.71. The van der Waals surface area contributed by atoms with Gasteiger partial charge in [-0.25, -0.2) is 14.2 Å². The molecule has 2 aromatic carbocycles. The Labute approximate surface area is 164 Å². The molecule has 1 unspecified atom stereocenters. The van der Waals surface area contributed by atoms with Gasteiger partial charge >= 0.3 is 6.18 Å². The molecule has 0 amide bonds. The number of benzene rings is 2. The highest BCUT2D eigenvalue weighted by Crippen LogP contribution is 2.33. The molecule has 156 valence electrons. The van der Waals surface area contributed by atoms with Gasteiger partial charge in [-0.2, -0.15) is 13.2 Å². The fourth-order valence-corrected chi connectivity index (χ4v) is 2.91. The van der Waals surface area contributed by atoms with Crippen LogP contribution in [0.15, 0.2) is 48.5 Å². The van der Waals surface area contributed by atoms with Crippen LogP contribution in [-0.2, 0) is 11.3 Å². The van der Waals surface area contributed by atoms with E-state index in [-0.39, 0.29) is 11.3 Å². The number of nitrogens with zero attached hydrogens (tertiary/aromatic N) is 1. The molecule has 29 heavy (non-hydrogen) atoms. The van der Waals surface area contributed by atoms with Gasteiger partial charge < -0.3 is 10.5 Å². The minimum Gasteiger partial charge on any atom is -0.364 e. The van der Waals surface area contributed by atoms with Gasteiger partial charge in [-0.05, 0) is 55.8 Å². The third kappa shape index (κ3) is 4.92. The molecule has 0 fully saturated rings. The fraction of sp³-hybridized carbons (Fsp3) is 0.300. The Bertz CT molecular complexity index is 927. The van der Waals surface area contributed by atoms with E-state index in [1.54, 1.807) is 19.1 Å². The summed E-state index contributed by atoms with van der Waals surface area (Å²) in [4.78, 5) is 0. The second-order valence-electron chi connectivity index (χ2n) is 7.05. The van der Waals surface area contributed by atoms with Gasteiger partial charge in [0.1, 0.15) is 17.3 Å². The maximum absolute atomic E-state index is 14.3. The van der Waals surface area contributed by atoms with Gasteiger partial charge in [0.2, 0.25) is 0 Å². The number of halogens is 5. The summed E-state index contributed by atoms with van der Waals surface area (Å²) in [6.07, 6.45) is -4.93. The molecule has 1 aliphatic rings. The monoisotopic (exact) mass is 413 g/mol. The van der Waals surface area contributed by atoms with Gasteiger partial charge in [-0.15, -0.1) is 0 Å². The predicted molar refractivity (Wildman–Crippen MR) is 99.3 cm³/mol. The van der Waals surface area contributed by atoms with Gasteiger partial charge in [0, 0.05) is 5.56 Å². The third-order valence-corrected chi connectivity index (χ3v) is 4.34. The van der Waals surface area contributed by atoms with E-state index in [9.17, 15) is 22.0 Å². The van der Waals surface area contributed by atoms with Crippen molar-refractivity contribution in [2.45, 2.75) is 38.4 Å². The minimum absolute atomic E-state index is 0.167. The Morgan fingerprint density at radius 1 is 1.17 bits per heavy atom. The molecule has 2 atom stereocenters. The van der Waals surface area contributed by atoms with Crippen LogP contribution in [0.3, 0.4) is 0 Å².